The number of quaternary nitrogens is 1. The molecule has 0 aromatic rings. The molecule has 166 valence electrons. The summed E-state index contributed by atoms with van der Waals surface area (Å²) in [4.78, 5) is 12.6. The predicted molar refractivity (Wildman–Crippen MR) is 110 cm³/mol. The minimum atomic E-state index is -0.326. The van der Waals surface area contributed by atoms with Gasteiger partial charge in [0.05, 0.1) is 32.7 Å². The van der Waals surface area contributed by atoms with E-state index in [0.717, 1.165) is 37.0 Å². The highest BCUT2D eigenvalue weighted by Gasteiger charge is 2.36. The molecule has 2 unspecified atom stereocenters. The van der Waals surface area contributed by atoms with Crippen molar-refractivity contribution in [3.05, 3.63) is 0 Å². The van der Waals surface area contributed by atoms with E-state index < -0.39 is 0 Å². The van der Waals surface area contributed by atoms with Crippen molar-refractivity contribution in [2.24, 2.45) is 17.8 Å². The fraction of sp³-hybridized carbons (Fsp3) is 0.957. The van der Waals surface area contributed by atoms with Gasteiger partial charge in [-0.15, -0.1) is 0 Å². The average molecular weight is 463 g/mol. The lowest BCUT2D eigenvalue weighted by atomic mass is 9.70. The van der Waals surface area contributed by atoms with Gasteiger partial charge < -0.3 is 31.3 Å². The van der Waals surface area contributed by atoms with E-state index in [1.54, 1.807) is 0 Å². The largest absolute Gasteiger partial charge is 1.00 e. The highest BCUT2D eigenvalue weighted by Crippen LogP contribution is 2.39. The highest BCUT2D eigenvalue weighted by atomic mass is 79.9. The van der Waals surface area contributed by atoms with Gasteiger partial charge in [0.2, 0.25) is 0 Å². The summed E-state index contributed by atoms with van der Waals surface area (Å²) in [6.07, 6.45) is 12.2. The van der Waals surface area contributed by atoms with Gasteiger partial charge in [0.25, 0.3) is 0 Å². The number of ether oxygens (including phenoxy) is 1. The lowest BCUT2D eigenvalue weighted by Gasteiger charge is -2.38. The number of esters is 1. The second-order valence-corrected chi connectivity index (χ2v) is 9.35. The van der Waals surface area contributed by atoms with Gasteiger partial charge in [-0.2, -0.15) is 0 Å². The van der Waals surface area contributed by atoms with E-state index in [4.69, 9.17) is 4.74 Å². The fourth-order valence-electron chi connectivity index (χ4n) is 5.12. The number of hydrogen-bond donors (Lipinski definition) is 1. The second kappa shape index (κ2) is 13.2. The molecular formula is C23H44BrNO3. The van der Waals surface area contributed by atoms with E-state index in [-0.39, 0.29) is 35.0 Å². The number of aliphatic hydroxyl groups excluding tert-OH is 1. The summed E-state index contributed by atoms with van der Waals surface area (Å²) in [6.45, 7) is 7.85. The van der Waals surface area contributed by atoms with Crippen molar-refractivity contribution in [2.75, 3.05) is 33.3 Å². The summed E-state index contributed by atoms with van der Waals surface area (Å²) in [6, 6.07) is 0. The molecule has 5 heteroatoms. The summed E-state index contributed by atoms with van der Waals surface area (Å²) < 4.78 is 6.57. The number of aliphatic hydroxyl groups is 1. The minimum absolute atomic E-state index is 0. The molecule has 2 saturated carbocycles. The van der Waals surface area contributed by atoms with Gasteiger partial charge in [0.1, 0.15) is 13.2 Å². The standard InChI is InChI=1S/C23H44NO3.BrH/c1-4-24(3,5-2)16-17-27-22(25)18-21(19-12-8-6-9-13-19)23(26)20-14-10-7-11-15-20;/h19-21,23,26H,4-18H2,1-3H3;1H/q+1;/p-1. The predicted octanol–water partition coefficient (Wildman–Crippen LogP) is 1.55. The van der Waals surface area contributed by atoms with Crippen LogP contribution in [0.3, 0.4) is 0 Å². The molecule has 2 fully saturated rings. The molecule has 0 amide bonds. The third-order valence-corrected chi connectivity index (χ3v) is 7.65. The molecule has 0 aromatic heterocycles. The third-order valence-electron chi connectivity index (χ3n) is 7.65. The first-order chi connectivity index (χ1) is 13.0. The van der Waals surface area contributed by atoms with Crippen LogP contribution in [-0.2, 0) is 9.53 Å². The second-order valence-electron chi connectivity index (χ2n) is 9.35. The molecule has 0 aromatic carbocycles. The van der Waals surface area contributed by atoms with Gasteiger partial charge in [0.15, 0.2) is 0 Å². The molecule has 0 aliphatic heterocycles. The van der Waals surface area contributed by atoms with Crippen LogP contribution in [0.1, 0.15) is 84.5 Å². The monoisotopic (exact) mass is 461 g/mol. The van der Waals surface area contributed by atoms with Crippen molar-refractivity contribution in [2.45, 2.75) is 90.6 Å². The number of nitrogens with zero attached hydrogens (tertiary/aromatic N) is 1. The Morgan fingerprint density at radius 3 is 1.96 bits per heavy atom. The quantitative estimate of drug-likeness (QED) is 0.396. The van der Waals surface area contributed by atoms with E-state index in [1.807, 2.05) is 0 Å². The molecule has 2 rings (SSSR count). The van der Waals surface area contributed by atoms with Crippen LogP contribution >= 0.6 is 0 Å². The van der Waals surface area contributed by atoms with Gasteiger partial charge in [-0.25, -0.2) is 0 Å². The Morgan fingerprint density at radius 2 is 1.46 bits per heavy atom. The van der Waals surface area contributed by atoms with E-state index in [0.29, 0.717) is 24.9 Å². The van der Waals surface area contributed by atoms with Crippen LogP contribution in [0.15, 0.2) is 0 Å². The molecule has 2 atom stereocenters. The van der Waals surface area contributed by atoms with E-state index in [1.165, 1.54) is 51.4 Å². The zero-order valence-corrected chi connectivity index (χ0v) is 20.1. The average Bonchev–Trinajstić information content (AvgIpc) is 2.72. The number of carbonyl (C=O) groups is 1. The van der Waals surface area contributed by atoms with Gasteiger partial charge in [-0.1, -0.05) is 51.4 Å². The molecule has 0 bridgehead atoms. The molecule has 2 aliphatic rings. The third kappa shape index (κ3) is 7.95. The topological polar surface area (TPSA) is 46.5 Å². The lowest BCUT2D eigenvalue weighted by Crippen LogP contribution is -3.00. The first-order valence-corrected chi connectivity index (χ1v) is 11.7. The molecule has 1 N–H and O–H groups in total. The first kappa shape index (κ1) is 25.9. The SMILES string of the molecule is CC[N+](C)(CC)CCOC(=O)CC(C1CCCCC1)C(O)C1CCCCC1.[Br-]. The zero-order valence-electron chi connectivity index (χ0n) is 18.5. The number of carbonyl (C=O) groups excluding carboxylic acids is 1. The molecule has 2 aliphatic carbocycles. The number of hydrogen-bond acceptors (Lipinski definition) is 3. The Hall–Kier alpha value is -0.130. The number of halogens is 1. The summed E-state index contributed by atoms with van der Waals surface area (Å²) in [5.74, 6) is 0.882. The van der Waals surface area contributed by atoms with Gasteiger partial charge in [-0.3, -0.25) is 4.79 Å². The maximum absolute atomic E-state index is 12.6. The maximum Gasteiger partial charge on any atom is 0.306 e. The molecular weight excluding hydrogens is 418 g/mol. The van der Waals surface area contributed by atoms with E-state index in [2.05, 4.69) is 20.9 Å². The van der Waals surface area contributed by atoms with Gasteiger partial charge in [0, 0.05) is 0 Å². The van der Waals surface area contributed by atoms with Crippen molar-refractivity contribution >= 4 is 5.97 Å². The first-order valence-electron chi connectivity index (χ1n) is 11.7. The number of rotatable bonds is 10. The van der Waals surface area contributed by atoms with Crippen LogP contribution < -0.4 is 17.0 Å². The van der Waals surface area contributed by atoms with Crippen LogP contribution in [0.5, 0.6) is 0 Å². The van der Waals surface area contributed by atoms with Crippen LogP contribution in [0, 0.1) is 17.8 Å². The van der Waals surface area contributed by atoms with Crippen molar-refractivity contribution < 1.29 is 36.1 Å². The van der Waals surface area contributed by atoms with E-state index in [9.17, 15) is 9.90 Å². The highest BCUT2D eigenvalue weighted by molar-refractivity contribution is 5.69. The molecule has 0 spiro atoms. The Labute approximate surface area is 183 Å². The Morgan fingerprint density at radius 1 is 0.964 bits per heavy atom. The summed E-state index contributed by atoms with van der Waals surface area (Å²) >= 11 is 0. The van der Waals surface area contributed by atoms with Crippen LogP contribution in [-0.4, -0.2) is 55.0 Å². The molecule has 4 nitrogen and oxygen atoms in total. The summed E-state index contributed by atoms with van der Waals surface area (Å²) in [7, 11) is 2.21. The molecule has 28 heavy (non-hydrogen) atoms. The Kier molecular flexibility index (Phi) is 12.2. The summed E-state index contributed by atoms with van der Waals surface area (Å²) in [5.41, 5.74) is 0. The Balaban J connectivity index is 0.00000392. The van der Waals surface area contributed by atoms with Crippen LogP contribution in [0.2, 0.25) is 0 Å². The zero-order chi connectivity index (χ0) is 19.7. The van der Waals surface area contributed by atoms with Crippen molar-refractivity contribution in [1.82, 2.24) is 0 Å². The molecule has 0 heterocycles. The molecule has 0 radical (unpaired) electrons. The summed E-state index contributed by atoms with van der Waals surface area (Å²) in [5, 5.41) is 11.2. The van der Waals surface area contributed by atoms with Crippen LogP contribution in [0.4, 0.5) is 0 Å². The normalized spacial score (nSPS) is 21.6. The lowest BCUT2D eigenvalue weighted by molar-refractivity contribution is -0.906. The maximum atomic E-state index is 12.6. The Bertz CT molecular complexity index is 430. The minimum Gasteiger partial charge on any atom is -1.00 e. The fourth-order valence-corrected chi connectivity index (χ4v) is 5.12. The number of likely N-dealkylation sites (N-methyl/N-ethyl adjacent to an activating group) is 1. The smallest absolute Gasteiger partial charge is 0.306 e. The van der Waals surface area contributed by atoms with Gasteiger partial charge in [-0.05, 0) is 44.4 Å². The molecule has 0 saturated heterocycles. The van der Waals surface area contributed by atoms with Crippen molar-refractivity contribution in [3.63, 3.8) is 0 Å². The van der Waals surface area contributed by atoms with Crippen LogP contribution in [0.25, 0.3) is 0 Å². The van der Waals surface area contributed by atoms with Crippen molar-refractivity contribution in [3.8, 4) is 0 Å². The van der Waals surface area contributed by atoms with Crippen molar-refractivity contribution in [1.29, 1.82) is 0 Å². The van der Waals surface area contributed by atoms with E-state index >= 15 is 0 Å². The van der Waals surface area contributed by atoms with Gasteiger partial charge >= 0.3 is 5.97 Å².